The van der Waals surface area contributed by atoms with Gasteiger partial charge in [-0.15, -0.1) is 0 Å². The number of esters is 1. The van der Waals surface area contributed by atoms with E-state index in [0.29, 0.717) is 11.6 Å². The predicted octanol–water partition coefficient (Wildman–Crippen LogP) is 3.57. The Morgan fingerprint density at radius 2 is 1.73 bits per heavy atom. The van der Waals surface area contributed by atoms with Crippen molar-refractivity contribution in [2.24, 2.45) is 0 Å². The molecule has 0 fully saturated rings. The zero-order valence-corrected chi connectivity index (χ0v) is 15.7. The molecule has 1 N–H and O–H groups in total. The van der Waals surface area contributed by atoms with E-state index in [0.717, 1.165) is 0 Å². The number of carbonyl (C=O) groups is 2. The van der Waals surface area contributed by atoms with Gasteiger partial charge in [-0.3, -0.25) is 4.79 Å². The Labute approximate surface area is 153 Å². The number of ether oxygens (including phenoxy) is 2. The van der Waals surface area contributed by atoms with Crippen molar-refractivity contribution in [3.05, 3.63) is 53.7 Å². The van der Waals surface area contributed by atoms with Crippen molar-refractivity contribution >= 4 is 17.6 Å². The Balaban J connectivity index is 1.95. The number of hydrogen-bond donors (Lipinski definition) is 1. The number of nitrogens with zero attached hydrogens (tertiary/aromatic N) is 1. The Morgan fingerprint density at radius 1 is 1.08 bits per heavy atom. The third-order valence-electron chi connectivity index (χ3n) is 3.85. The minimum absolute atomic E-state index is 0.0394. The van der Waals surface area contributed by atoms with E-state index >= 15 is 0 Å². The number of hydrogen-bond acceptors (Lipinski definition) is 5. The molecule has 0 aliphatic rings. The largest absolute Gasteiger partial charge is 0.481 e. The number of methoxy groups -OCH3 is 1. The van der Waals surface area contributed by atoms with Gasteiger partial charge in [0, 0.05) is 18.0 Å². The van der Waals surface area contributed by atoms with Gasteiger partial charge in [0.05, 0.1) is 12.7 Å². The highest BCUT2D eigenvalue weighted by Gasteiger charge is 2.20. The molecule has 0 radical (unpaired) electrons. The third-order valence-corrected chi connectivity index (χ3v) is 3.85. The summed E-state index contributed by atoms with van der Waals surface area (Å²) in [5.74, 6) is -0.625. The van der Waals surface area contributed by atoms with Crippen molar-refractivity contribution in [2.75, 3.05) is 12.4 Å². The van der Waals surface area contributed by atoms with Crippen LogP contribution in [0.5, 0.6) is 5.88 Å². The van der Waals surface area contributed by atoms with E-state index in [9.17, 15) is 9.59 Å². The molecule has 0 unspecified atom stereocenters. The fourth-order valence-corrected chi connectivity index (χ4v) is 2.20. The standard InChI is InChI=1S/C20H24N2O4/c1-13(26-19(24)14-6-11-17(25-5)21-12-14)18(23)22-16-9-7-15(8-10-16)20(2,3)4/h6-13H,1-5H3,(H,22,23)/t13-/m0/s1. The summed E-state index contributed by atoms with van der Waals surface area (Å²) in [6.07, 6.45) is 0.406. The minimum Gasteiger partial charge on any atom is -0.481 e. The van der Waals surface area contributed by atoms with Crippen LogP contribution in [0.4, 0.5) is 5.69 Å². The number of amides is 1. The van der Waals surface area contributed by atoms with Crippen LogP contribution in [-0.2, 0) is 14.9 Å². The van der Waals surface area contributed by atoms with Crippen molar-refractivity contribution < 1.29 is 19.1 Å². The second kappa shape index (κ2) is 7.99. The summed E-state index contributed by atoms with van der Waals surface area (Å²) in [5.41, 5.74) is 2.11. The minimum atomic E-state index is -0.938. The van der Waals surface area contributed by atoms with Crippen LogP contribution in [0.25, 0.3) is 0 Å². The van der Waals surface area contributed by atoms with E-state index < -0.39 is 18.0 Å². The molecule has 1 aromatic heterocycles. The van der Waals surface area contributed by atoms with Gasteiger partial charge in [0.2, 0.25) is 5.88 Å². The molecular formula is C20H24N2O4. The van der Waals surface area contributed by atoms with Gasteiger partial charge in [0.25, 0.3) is 5.91 Å². The lowest BCUT2D eigenvalue weighted by Gasteiger charge is -2.19. The van der Waals surface area contributed by atoms with Crippen molar-refractivity contribution in [1.29, 1.82) is 0 Å². The van der Waals surface area contributed by atoms with Gasteiger partial charge in [0.15, 0.2) is 6.10 Å². The second-order valence-electron chi connectivity index (χ2n) is 6.95. The zero-order valence-electron chi connectivity index (χ0n) is 15.7. The number of benzene rings is 1. The number of pyridine rings is 1. The molecule has 138 valence electrons. The van der Waals surface area contributed by atoms with Crippen LogP contribution in [0.1, 0.15) is 43.6 Å². The SMILES string of the molecule is COc1ccc(C(=O)O[C@@H](C)C(=O)Nc2ccc(C(C)(C)C)cc2)cn1. The molecule has 0 saturated carbocycles. The van der Waals surface area contributed by atoms with Gasteiger partial charge in [-0.1, -0.05) is 32.9 Å². The van der Waals surface area contributed by atoms with E-state index in [-0.39, 0.29) is 11.0 Å². The zero-order chi connectivity index (χ0) is 19.3. The van der Waals surface area contributed by atoms with Crippen LogP contribution in [0.15, 0.2) is 42.6 Å². The van der Waals surface area contributed by atoms with Crippen LogP contribution in [-0.4, -0.2) is 30.1 Å². The number of aromatic nitrogens is 1. The molecule has 0 spiro atoms. The van der Waals surface area contributed by atoms with Crippen molar-refractivity contribution in [3.63, 3.8) is 0 Å². The van der Waals surface area contributed by atoms with Crippen LogP contribution >= 0.6 is 0 Å². The molecule has 0 aliphatic heterocycles. The molecule has 1 atom stereocenters. The fraction of sp³-hybridized carbons (Fsp3) is 0.350. The van der Waals surface area contributed by atoms with Gasteiger partial charge in [-0.05, 0) is 36.1 Å². The predicted molar refractivity (Wildman–Crippen MR) is 99.4 cm³/mol. The van der Waals surface area contributed by atoms with Gasteiger partial charge in [-0.2, -0.15) is 0 Å². The molecule has 1 aromatic carbocycles. The van der Waals surface area contributed by atoms with Crippen LogP contribution in [0, 0.1) is 0 Å². The molecule has 6 nitrogen and oxygen atoms in total. The highest BCUT2D eigenvalue weighted by atomic mass is 16.5. The second-order valence-corrected chi connectivity index (χ2v) is 6.95. The Kier molecular flexibility index (Phi) is 5.97. The lowest BCUT2D eigenvalue weighted by molar-refractivity contribution is -0.123. The lowest BCUT2D eigenvalue weighted by atomic mass is 9.87. The molecule has 26 heavy (non-hydrogen) atoms. The van der Waals surface area contributed by atoms with E-state index in [2.05, 4.69) is 31.1 Å². The van der Waals surface area contributed by atoms with E-state index in [1.54, 1.807) is 6.07 Å². The average Bonchev–Trinajstić information content (AvgIpc) is 2.61. The average molecular weight is 356 g/mol. The van der Waals surface area contributed by atoms with E-state index in [4.69, 9.17) is 9.47 Å². The van der Waals surface area contributed by atoms with Gasteiger partial charge in [-0.25, -0.2) is 9.78 Å². The maximum atomic E-state index is 12.2. The fourth-order valence-electron chi connectivity index (χ4n) is 2.20. The van der Waals surface area contributed by atoms with Crippen LogP contribution in [0.3, 0.4) is 0 Å². The normalized spacial score (nSPS) is 12.2. The summed E-state index contributed by atoms with van der Waals surface area (Å²) in [4.78, 5) is 28.3. The summed E-state index contributed by atoms with van der Waals surface area (Å²) in [6.45, 7) is 7.89. The molecule has 2 aromatic rings. The van der Waals surface area contributed by atoms with Gasteiger partial charge >= 0.3 is 5.97 Å². The number of nitrogens with one attached hydrogen (secondary N) is 1. The van der Waals surface area contributed by atoms with Crippen molar-refractivity contribution in [1.82, 2.24) is 4.98 Å². The quantitative estimate of drug-likeness (QED) is 0.829. The number of carbonyl (C=O) groups excluding carboxylic acids is 2. The maximum absolute atomic E-state index is 12.2. The smallest absolute Gasteiger partial charge is 0.340 e. The number of anilines is 1. The van der Waals surface area contributed by atoms with Crippen LogP contribution in [0.2, 0.25) is 0 Å². The summed E-state index contributed by atoms with van der Waals surface area (Å²) < 4.78 is 10.1. The summed E-state index contributed by atoms with van der Waals surface area (Å²) in [7, 11) is 1.49. The number of rotatable bonds is 5. The monoisotopic (exact) mass is 356 g/mol. The molecule has 1 amide bonds. The highest BCUT2D eigenvalue weighted by molar-refractivity contribution is 5.97. The molecule has 2 rings (SSSR count). The molecule has 0 aliphatic carbocycles. The summed E-state index contributed by atoms with van der Waals surface area (Å²) in [6, 6.07) is 10.7. The van der Waals surface area contributed by atoms with Crippen LogP contribution < -0.4 is 10.1 Å². The molecule has 0 bridgehead atoms. The first-order valence-corrected chi connectivity index (χ1v) is 8.33. The molecular weight excluding hydrogens is 332 g/mol. The first-order chi connectivity index (χ1) is 12.2. The summed E-state index contributed by atoms with van der Waals surface area (Å²) in [5, 5.41) is 2.74. The first-order valence-electron chi connectivity index (χ1n) is 8.33. The maximum Gasteiger partial charge on any atom is 0.340 e. The molecule has 0 saturated heterocycles. The van der Waals surface area contributed by atoms with E-state index in [1.807, 2.05) is 24.3 Å². The molecule has 1 heterocycles. The topological polar surface area (TPSA) is 77.5 Å². The van der Waals surface area contributed by atoms with E-state index in [1.165, 1.54) is 31.9 Å². The third kappa shape index (κ3) is 5.05. The van der Waals surface area contributed by atoms with Gasteiger partial charge in [0.1, 0.15) is 0 Å². The van der Waals surface area contributed by atoms with Crippen molar-refractivity contribution in [3.8, 4) is 5.88 Å². The Hall–Kier alpha value is -2.89. The lowest BCUT2D eigenvalue weighted by Crippen LogP contribution is -2.30. The Bertz CT molecular complexity index is 762. The molecule has 6 heteroatoms. The highest BCUT2D eigenvalue weighted by Crippen LogP contribution is 2.23. The first kappa shape index (κ1) is 19.4. The summed E-state index contributed by atoms with van der Waals surface area (Å²) >= 11 is 0. The van der Waals surface area contributed by atoms with Crippen molar-refractivity contribution in [2.45, 2.75) is 39.2 Å². The van der Waals surface area contributed by atoms with Gasteiger partial charge < -0.3 is 14.8 Å². The Morgan fingerprint density at radius 3 is 2.23 bits per heavy atom.